The van der Waals surface area contributed by atoms with Gasteiger partial charge in [0.15, 0.2) is 0 Å². The number of ether oxygens (including phenoxy) is 1. The molecule has 4 heterocycles. The topological polar surface area (TPSA) is 45.9 Å². The van der Waals surface area contributed by atoms with Crippen LogP contribution in [-0.2, 0) is 4.74 Å². The summed E-state index contributed by atoms with van der Waals surface area (Å²) in [6, 6.07) is 7.07. The van der Waals surface area contributed by atoms with Crippen molar-refractivity contribution in [3.8, 4) is 11.3 Å². The second-order valence-electron chi connectivity index (χ2n) is 7.64. The fourth-order valence-electron chi connectivity index (χ4n) is 4.18. The Morgan fingerprint density at radius 3 is 2.64 bits per heavy atom. The van der Waals surface area contributed by atoms with E-state index in [0.717, 1.165) is 67.0 Å². The second-order valence-corrected chi connectivity index (χ2v) is 8.57. The van der Waals surface area contributed by atoms with Crippen LogP contribution in [0.5, 0.6) is 0 Å². The molecule has 5 rings (SSSR count). The van der Waals surface area contributed by atoms with E-state index in [1.165, 1.54) is 12.1 Å². The van der Waals surface area contributed by atoms with Crippen molar-refractivity contribution < 1.29 is 9.13 Å². The molecule has 0 aliphatic carbocycles. The Hall–Kier alpha value is -2.03. The summed E-state index contributed by atoms with van der Waals surface area (Å²) >= 11 is 1.62. The van der Waals surface area contributed by atoms with Crippen LogP contribution in [0.25, 0.3) is 16.2 Å². The number of benzene rings is 1. The van der Waals surface area contributed by atoms with Gasteiger partial charge in [0.2, 0.25) is 10.1 Å². The molecule has 148 valence electrons. The highest BCUT2D eigenvalue weighted by Crippen LogP contribution is 2.29. The van der Waals surface area contributed by atoms with E-state index in [4.69, 9.17) is 9.84 Å². The van der Waals surface area contributed by atoms with Gasteiger partial charge in [-0.3, -0.25) is 4.90 Å². The van der Waals surface area contributed by atoms with Gasteiger partial charge < -0.3 is 9.64 Å². The molecule has 0 N–H and O–H groups in total. The van der Waals surface area contributed by atoms with Crippen molar-refractivity contribution in [1.82, 2.24) is 19.5 Å². The standard InChI is InChI=1S/C20H24FN5OS/c1-14-12-25(10-11-27-14)17-6-8-24(9-7-17)20-23-26-13-18(22-19(26)28-20)15-2-4-16(21)5-3-15/h2-5,13-14,17H,6-12H2,1H3. The Kier molecular flexibility index (Phi) is 4.78. The van der Waals surface area contributed by atoms with Crippen LogP contribution >= 0.6 is 11.3 Å². The van der Waals surface area contributed by atoms with Crippen LogP contribution < -0.4 is 4.90 Å². The van der Waals surface area contributed by atoms with E-state index >= 15 is 0 Å². The highest BCUT2D eigenvalue weighted by Gasteiger charge is 2.29. The van der Waals surface area contributed by atoms with Crippen molar-refractivity contribution in [2.75, 3.05) is 37.7 Å². The van der Waals surface area contributed by atoms with Gasteiger partial charge in [-0.15, -0.1) is 5.10 Å². The molecule has 6 nitrogen and oxygen atoms in total. The van der Waals surface area contributed by atoms with Gasteiger partial charge in [0.25, 0.3) is 0 Å². The lowest BCUT2D eigenvalue weighted by Crippen LogP contribution is -2.51. The Balaban J connectivity index is 1.26. The minimum Gasteiger partial charge on any atom is -0.376 e. The highest BCUT2D eigenvalue weighted by atomic mass is 32.1. The summed E-state index contributed by atoms with van der Waals surface area (Å²) in [6.45, 7) is 7.15. The maximum atomic E-state index is 13.1. The quantitative estimate of drug-likeness (QED) is 0.674. The van der Waals surface area contributed by atoms with Crippen LogP contribution in [0.4, 0.5) is 9.52 Å². The summed E-state index contributed by atoms with van der Waals surface area (Å²) in [6.07, 6.45) is 4.59. The molecule has 28 heavy (non-hydrogen) atoms. The van der Waals surface area contributed by atoms with Gasteiger partial charge in [0, 0.05) is 37.8 Å². The van der Waals surface area contributed by atoms with Crippen molar-refractivity contribution in [3.05, 3.63) is 36.3 Å². The third kappa shape index (κ3) is 3.52. The molecule has 1 unspecified atom stereocenters. The van der Waals surface area contributed by atoms with Crippen LogP contribution in [0.3, 0.4) is 0 Å². The van der Waals surface area contributed by atoms with Gasteiger partial charge in [0.1, 0.15) is 5.82 Å². The van der Waals surface area contributed by atoms with Gasteiger partial charge in [-0.25, -0.2) is 13.9 Å². The Bertz CT molecular complexity index is 916. The minimum absolute atomic E-state index is 0.236. The van der Waals surface area contributed by atoms with Crippen LogP contribution in [0.2, 0.25) is 0 Å². The smallest absolute Gasteiger partial charge is 0.214 e. The number of rotatable bonds is 3. The third-order valence-corrected chi connectivity index (χ3v) is 6.68. The van der Waals surface area contributed by atoms with Crippen molar-refractivity contribution >= 4 is 21.4 Å². The second kappa shape index (κ2) is 7.42. The number of anilines is 1. The zero-order chi connectivity index (χ0) is 19.1. The number of aromatic nitrogens is 3. The predicted octanol–water partition coefficient (Wildman–Crippen LogP) is 3.29. The maximum Gasteiger partial charge on any atom is 0.214 e. The summed E-state index contributed by atoms with van der Waals surface area (Å²) < 4.78 is 20.6. The number of nitrogens with zero attached hydrogens (tertiary/aromatic N) is 5. The average Bonchev–Trinajstić information content (AvgIpc) is 3.28. The lowest BCUT2D eigenvalue weighted by molar-refractivity contribution is -0.0373. The first-order valence-electron chi connectivity index (χ1n) is 9.88. The Morgan fingerprint density at radius 2 is 1.93 bits per heavy atom. The van der Waals surface area contributed by atoms with Gasteiger partial charge >= 0.3 is 0 Å². The SMILES string of the molecule is CC1CN(C2CCN(c3nn4cc(-c5ccc(F)cc5)nc4s3)CC2)CCO1. The zero-order valence-electron chi connectivity index (χ0n) is 15.9. The number of hydrogen-bond donors (Lipinski definition) is 0. The summed E-state index contributed by atoms with van der Waals surface area (Å²) in [5, 5.41) is 5.77. The number of imidazole rings is 1. The Morgan fingerprint density at radius 1 is 1.14 bits per heavy atom. The lowest BCUT2D eigenvalue weighted by atomic mass is 10.0. The number of fused-ring (bicyclic) bond motifs is 1. The highest BCUT2D eigenvalue weighted by molar-refractivity contribution is 7.20. The molecule has 0 amide bonds. The summed E-state index contributed by atoms with van der Waals surface area (Å²) in [4.78, 5) is 10.5. The molecule has 3 aromatic rings. The van der Waals surface area contributed by atoms with Crippen LogP contribution in [-0.4, -0.2) is 64.4 Å². The molecule has 2 fully saturated rings. The molecule has 0 bridgehead atoms. The molecular weight excluding hydrogens is 377 g/mol. The van der Waals surface area contributed by atoms with E-state index in [-0.39, 0.29) is 5.82 Å². The van der Waals surface area contributed by atoms with Crippen LogP contribution in [0.1, 0.15) is 19.8 Å². The number of morpholine rings is 1. The van der Waals surface area contributed by atoms with Gasteiger partial charge in [-0.1, -0.05) is 11.3 Å². The van der Waals surface area contributed by atoms with E-state index in [0.29, 0.717) is 12.1 Å². The zero-order valence-corrected chi connectivity index (χ0v) is 16.7. The first-order chi connectivity index (χ1) is 13.7. The fourth-order valence-corrected chi connectivity index (χ4v) is 5.11. The molecule has 1 atom stereocenters. The van der Waals surface area contributed by atoms with Gasteiger partial charge in [-0.2, -0.15) is 0 Å². The first kappa shape index (κ1) is 18.0. The number of halogens is 1. The van der Waals surface area contributed by atoms with E-state index in [2.05, 4.69) is 21.7 Å². The summed E-state index contributed by atoms with van der Waals surface area (Å²) in [5.74, 6) is -0.236. The predicted molar refractivity (Wildman–Crippen MR) is 108 cm³/mol. The van der Waals surface area contributed by atoms with Gasteiger partial charge in [-0.05, 0) is 44.0 Å². The minimum atomic E-state index is -0.236. The van der Waals surface area contributed by atoms with Crippen molar-refractivity contribution in [3.63, 3.8) is 0 Å². The molecule has 8 heteroatoms. The molecule has 2 aliphatic heterocycles. The molecule has 0 saturated carbocycles. The van der Waals surface area contributed by atoms with Crippen molar-refractivity contribution in [1.29, 1.82) is 0 Å². The normalized spacial score (nSPS) is 22.2. The molecule has 0 radical (unpaired) electrons. The summed E-state index contributed by atoms with van der Waals surface area (Å²) in [7, 11) is 0. The molecular formula is C20H24FN5OS. The molecule has 1 aromatic carbocycles. The molecule has 2 aliphatic rings. The van der Waals surface area contributed by atoms with E-state index in [1.807, 2.05) is 10.7 Å². The molecule has 0 spiro atoms. The monoisotopic (exact) mass is 401 g/mol. The maximum absolute atomic E-state index is 13.1. The first-order valence-corrected chi connectivity index (χ1v) is 10.7. The third-order valence-electron chi connectivity index (χ3n) is 5.70. The fraction of sp³-hybridized carbons (Fsp3) is 0.500. The number of hydrogen-bond acceptors (Lipinski definition) is 6. The van der Waals surface area contributed by atoms with Crippen LogP contribution in [0, 0.1) is 5.82 Å². The number of piperidine rings is 1. The van der Waals surface area contributed by atoms with E-state index in [9.17, 15) is 4.39 Å². The largest absolute Gasteiger partial charge is 0.376 e. The lowest BCUT2D eigenvalue weighted by Gasteiger charge is -2.41. The molecule has 2 saturated heterocycles. The molecule has 2 aromatic heterocycles. The van der Waals surface area contributed by atoms with Crippen molar-refractivity contribution in [2.24, 2.45) is 0 Å². The van der Waals surface area contributed by atoms with E-state index < -0.39 is 0 Å². The summed E-state index contributed by atoms with van der Waals surface area (Å²) in [5.41, 5.74) is 1.73. The average molecular weight is 402 g/mol. The van der Waals surface area contributed by atoms with Crippen LogP contribution in [0.15, 0.2) is 30.5 Å². The van der Waals surface area contributed by atoms with Gasteiger partial charge in [0.05, 0.1) is 24.6 Å². The van der Waals surface area contributed by atoms with E-state index in [1.54, 1.807) is 23.5 Å². The van der Waals surface area contributed by atoms with Crippen molar-refractivity contribution in [2.45, 2.75) is 31.9 Å². The Labute approximate surface area is 167 Å².